The van der Waals surface area contributed by atoms with Crippen molar-refractivity contribution < 1.29 is 4.79 Å². The molecular formula is C14H16Cl2N4OS. The fourth-order valence-electron chi connectivity index (χ4n) is 1.91. The second-order valence-corrected chi connectivity index (χ2v) is 6.24. The predicted molar refractivity (Wildman–Crippen MR) is 90.9 cm³/mol. The lowest BCUT2D eigenvalue weighted by atomic mass is 10.3. The lowest BCUT2D eigenvalue weighted by molar-refractivity contribution is -0.113. The van der Waals surface area contributed by atoms with Gasteiger partial charge in [0, 0.05) is 18.0 Å². The summed E-state index contributed by atoms with van der Waals surface area (Å²) >= 11 is 13.2. The molecule has 0 saturated carbocycles. The summed E-state index contributed by atoms with van der Waals surface area (Å²) in [5, 5.41) is 12.7. The van der Waals surface area contributed by atoms with E-state index in [0.717, 1.165) is 23.9 Å². The largest absolute Gasteiger partial charge is 0.324 e. The topological polar surface area (TPSA) is 59.8 Å². The van der Waals surface area contributed by atoms with Gasteiger partial charge in [0.05, 0.1) is 16.5 Å². The Balaban J connectivity index is 1.97. The van der Waals surface area contributed by atoms with Crippen LogP contribution in [0.5, 0.6) is 0 Å². The molecule has 0 saturated heterocycles. The number of halogens is 2. The van der Waals surface area contributed by atoms with Crippen molar-refractivity contribution in [3.05, 3.63) is 34.1 Å². The van der Waals surface area contributed by atoms with Gasteiger partial charge in [-0.25, -0.2) is 0 Å². The van der Waals surface area contributed by atoms with Gasteiger partial charge >= 0.3 is 0 Å². The zero-order chi connectivity index (χ0) is 16.1. The highest BCUT2D eigenvalue weighted by atomic mass is 35.5. The van der Waals surface area contributed by atoms with Crippen molar-refractivity contribution in [3.63, 3.8) is 0 Å². The highest BCUT2D eigenvalue weighted by molar-refractivity contribution is 7.99. The molecule has 0 fully saturated rings. The SMILES string of the molecule is CCc1nnc(SCC(=O)Nc2ccc(Cl)cc2Cl)n1CC. The van der Waals surface area contributed by atoms with Crippen LogP contribution in [-0.4, -0.2) is 26.4 Å². The van der Waals surface area contributed by atoms with E-state index in [1.807, 2.05) is 18.4 Å². The van der Waals surface area contributed by atoms with Crippen LogP contribution in [0.3, 0.4) is 0 Å². The number of hydrogen-bond acceptors (Lipinski definition) is 4. The summed E-state index contributed by atoms with van der Waals surface area (Å²) in [6.45, 7) is 4.84. The van der Waals surface area contributed by atoms with E-state index in [1.54, 1.807) is 18.2 Å². The Morgan fingerprint density at radius 2 is 2.09 bits per heavy atom. The molecule has 1 amide bonds. The van der Waals surface area contributed by atoms with Crippen LogP contribution >= 0.6 is 35.0 Å². The van der Waals surface area contributed by atoms with Crippen molar-refractivity contribution in [2.45, 2.75) is 32.0 Å². The number of aryl methyl sites for hydroxylation is 1. The van der Waals surface area contributed by atoms with Crippen molar-refractivity contribution in [2.75, 3.05) is 11.1 Å². The molecule has 0 bridgehead atoms. The summed E-state index contributed by atoms with van der Waals surface area (Å²) in [5.74, 6) is 1.00. The Bertz CT molecular complexity index is 675. The molecule has 1 aromatic heterocycles. The third-order valence-corrected chi connectivity index (χ3v) is 4.48. The Morgan fingerprint density at radius 3 is 2.73 bits per heavy atom. The van der Waals surface area contributed by atoms with E-state index >= 15 is 0 Å². The van der Waals surface area contributed by atoms with Crippen LogP contribution in [0.1, 0.15) is 19.7 Å². The molecule has 2 rings (SSSR count). The number of thioether (sulfide) groups is 1. The Morgan fingerprint density at radius 1 is 1.32 bits per heavy atom. The first kappa shape index (κ1) is 17.1. The fraction of sp³-hybridized carbons (Fsp3) is 0.357. The number of aromatic nitrogens is 3. The van der Waals surface area contributed by atoms with Gasteiger partial charge in [0.1, 0.15) is 5.82 Å². The van der Waals surface area contributed by atoms with Crippen LogP contribution in [0.15, 0.2) is 23.4 Å². The van der Waals surface area contributed by atoms with Crippen LogP contribution in [0.4, 0.5) is 5.69 Å². The highest BCUT2D eigenvalue weighted by Crippen LogP contribution is 2.26. The first-order chi connectivity index (χ1) is 10.5. The molecular weight excluding hydrogens is 343 g/mol. The first-order valence-electron chi connectivity index (χ1n) is 6.84. The first-order valence-corrected chi connectivity index (χ1v) is 8.59. The molecule has 0 atom stereocenters. The van der Waals surface area contributed by atoms with Gasteiger partial charge < -0.3 is 9.88 Å². The molecule has 2 aromatic rings. The molecule has 1 N–H and O–H groups in total. The molecule has 0 radical (unpaired) electrons. The number of anilines is 1. The second-order valence-electron chi connectivity index (χ2n) is 4.46. The molecule has 0 spiro atoms. The molecule has 118 valence electrons. The van der Waals surface area contributed by atoms with Gasteiger partial charge in [-0.1, -0.05) is 41.9 Å². The van der Waals surface area contributed by atoms with E-state index in [1.165, 1.54) is 11.8 Å². The van der Waals surface area contributed by atoms with E-state index in [2.05, 4.69) is 15.5 Å². The van der Waals surface area contributed by atoms with Crippen molar-refractivity contribution in [1.82, 2.24) is 14.8 Å². The molecule has 0 aliphatic carbocycles. The van der Waals surface area contributed by atoms with Gasteiger partial charge in [0.15, 0.2) is 5.16 Å². The van der Waals surface area contributed by atoms with Gasteiger partial charge in [0.2, 0.25) is 5.91 Å². The highest BCUT2D eigenvalue weighted by Gasteiger charge is 2.12. The molecule has 22 heavy (non-hydrogen) atoms. The Kier molecular flexibility index (Phi) is 6.11. The second kappa shape index (κ2) is 7.85. The van der Waals surface area contributed by atoms with Gasteiger partial charge in [0.25, 0.3) is 0 Å². The predicted octanol–water partition coefficient (Wildman–Crippen LogP) is 3.90. The average Bonchev–Trinajstić information content (AvgIpc) is 2.90. The van der Waals surface area contributed by atoms with E-state index in [0.29, 0.717) is 15.7 Å². The summed E-state index contributed by atoms with van der Waals surface area (Å²) in [5.41, 5.74) is 0.544. The number of amides is 1. The van der Waals surface area contributed by atoms with Crippen LogP contribution in [-0.2, 0) is 17.8 Å². The van der Waals surface area contributed by atoms with Gasteiger partial charge in [-0.3, -0.25) is 4.79 Å². The van der Waals surface area contributed by atoms with Crippen molar-refractivity contribution >= 4 is 46.6 Å². The maximum atomic E-state index is 12.0. The van der Waals surface area contributed by atoms with Crippen molar-refractivity contribution in [1.29, 1.82) is 0 Å². The number of hydrogen-bond donors (Lipinski definition) is 1. The number of carbonyl (C=O) groups excluding carboxylic acids is 1. The average molecular weight is 359 g/mol. The van der Waals surface area contributed by atoms with Crippen molar-refractivity contribution in [3.8, 4) is 0 Å². The number of carbonyl (C=O) groups is 1. The third-order valence-electron chi connectivity index (χ3n) is 2.96. The van der Waals surface area contributed by atoms with E-state index in [9.17, 15) is 4.79 Å². The molecule has 0 aliphatic heterocycles. The minimum Gasteiger partial charge on any atom is -0.324 e. The van der Waals surface area contributed by atoms with Gasteiger partial charge in [-0.15, -0.1) is 10.2 Å². The van der Waals surface area contributed by atoms with E-state index < -0.39 is 0 Å². The zero-order valence-electron chi connectivity index (χ0n) is 12.3. The maximum absolute atomic E-state index is 12.0. The molecule has 0 aliphatic rings. The van der Waals surface area contributed by atoms with E-state index in [-0.39, 0.29) is 11.7 Å². The summed E-state index contributed by atoms with van der Waals surface area (Å²) in [6.07, 6.45) is 0.813. The monoisotopic (exact) mass is 358 g/mol. The molecule has 5 nitrogen and oxygen atoms in total. The van der Waals surface area contributed by atoms with Crippen LogP contribution in [0.25, 0.3) is 0 Å². The van der Waals surface area contributed by atoms with E-state index in [4.69, 9.17) is 23.2 Å². The van der Waals surface area contributed by atoms with Crippen LogP contribution in [0, 0.1) is 0 Å². The number of benzene rings is 1. The lowest BCUT2D eigenvalue weighted by Crippen LogP contribution is -2.15. The number of rotatable bonds is 6. The number of nitrogens with zero attached hydrogens (tertiary/aromatic N) is 3. The minimum absolute atomic E-state index is 0.155. The number of nitrogens with one attached hydrogen (secondary N) is 1. The van der Waals surface area contributed by atoms with Crippen LogP contribution < -0.4 is 5.32 Å². The molecule has 8 heteroatoms. The Hall–Kier alpha value is -1.24. The summed E-state index contributed by atoms with van der Waals surface area (Å²) in [4.78, 5) is 12.0. The quantitative estimate of drug-likeness (QED) is 0.795. The zero-order valence-corrected chi connectivity index (χ0v) is 14.6. The smallest absolute Gasteiger partial charge is 0.234 e. The maximum Gasteiger partial charge on any atom is 0.234 e. The van der Waals surface area contributed by atoms with Gasteiger partial charge in [-0.2, -0.15) is 0 Å². The summed E-state index contributed by atoms with van der Waals surface area (Å²) in [6, 6.07) is 4.95. The lowest BCUT2D eigenvalue weighted by Gasteiger charge is -2.08. The fourth-order valence-corrected chi connectivity index (χ4v) is 3.19. The Labute approximate surface area is 143 Å². The third kappa shape index (κ3) is 4.15. The molecule has 0 unspecified atom stereocenters. The standard InChI is InChI=1S/C14H16Cl2N4OS/c1-3-12-18-19-14(20(12)4-2)22-8-13(21)17-11-6-5-9(15)7-10(11)16/h5-7H,3-4,8H2,1-2H3,(H,17,21). The normalized spacial score (nSPS) is 10.7. The molecule has 1 heterocycles. The van der Waals surface area contributed by atoms with Crippen LogP contribution in [0.2, 0.25) is 10.0 Å². The van der Waals surface area contributed by atoms with Gasteiger partial charge in [-0.05, 0) is 25.1 Å². The van der Waals surface area contributed by atoms with Crippen molar-refractivity contribution in [2.24, 2.45) is 0 Å². The molecule has 1 aromatic carbocycles. The summed E-state index contributed by atoms with van der Waals surface area (Å²) < 4.78 is 2.01. The minimum atomic E-state index is -0.155. The summed E-state index contributed by atoms with van der Waals surface area (Å²) in [7, 11) is 0.